The average Bonchev–Trinajstić information content (AvgIpc) is 2.86. The van der Waals surface area contributed by atoms with Gasteiger partial charge in [0.1, 0.15) is 0 Å². The number of anilines is 1. The molecule has 0 saturated carbocycles. The van der Waals surface area contributed by atoms with Crippen LogP contribution in [0.3, 0.4) is 0 Å². The van der Waals surface area contributed by atoms with Crippen molar-refractivity contribution in [2.24, 2.45) is 5.11 Å². The van der Waals surface area contributed by atoms with Gasteiger partial charge in [0.05, 0.1) is 0 Å². The van der Waals surface area contributed by atoms with Crippen molar-refractivity contribution in [3.8, 4) is 0 Å². The number of hydrogen-bond acceptors (Lipinski definition) is 11. The smallest absolute Gasteiger partial charge is 0.465 e. The normalized spacial score (nSPS) is 11.6. The van der Waals surface area contributed by atoms with Crippen molar-refractivity contribution in [3.05, 3.63) is 15.3 Å². The summed E-state index contributed by atoms with van der Waals surface area (Å²) < 4.78 is 8.21. The van der Waals surface area contributed by atoms with Crippen LogP contribution in [-0.4, -0.2) is 30.4 Å². The molecule has 2 N–H and O–H groups in total. The number of nitrogen functional groups attached to an aromatic ring is 1. The summed E-state index contributed by atoms with van der Waals surface area (Å²) in [6.07, 6.45) is 0. The zero-order chi connectivity index (χ0) is 12.4. The Hall–Kier alpha value is -3.12. The summed E-state index contributed by atoms with van der Waals surface area (Å²) in [7, 11) is 0. The lowest BCUT2D eigenvalue weighted by molar-refractivity contribution is -0.442. The molecule has 0 saturated heterocycles. The van der Waals surface area contributed by atoms with Crippen molar-refractivity contribution < 1.29 is 19.0 Å². The zero-order valence-corrected chi connectivity index (χ0v) is 7.75. The third kappa shape index (κ3) is 1.83. The van der Waals surface area contributed by atoms with E-state index in [2.05, 4.69) is 35.0 Å². The van der Waals surface area contributed by atoms with Crippen molar-refractivity contribution in [1.29, 1.82) is 0 Å². The molecule has 0 atom stereocenters. The van der Waals surface area contributed by atoms with Gasteiger partial charge in [0.2, 0.25) is 0 Å². The van der Waals surface area contributed by atoms with Gasteiger partial charge in [-0.2, -0.15) is 0 Å². The van der Waals surface area contributed by atoms with Gasteiger partial charge in [0, 0.05) is 10.3 Å². The monoisotopic (exact) mass is 242 g/mol. The van der Waals surface area contributed by atoms with E-state index >= 15 is 0 Å². The van der Waals surface area contributed by atoms with Gasteiger partial charge in [-0.3, -0.25) is 0 Å². The second kappa shape index (κ2) is 3.80. The maximum Gasteiger partial charge on any atom is 0.465 e. The molecular weight excluding hydrogens is 240 g/mol. The van der Waals surface area contributed by atoms with E-state index in [1.807, 2.05) is 0 Å². The van der Waals surface area contributed by atoms with E-state index in [-0.39, 0.29) is 10.7 Å². The first-order chi connectivity index (χ1) is 8.09. The molecule has 0 bridgehead atoms. The van der Waals surface area contributed by atoms with Gasteiger partial charge in [-0.05, 0) is 10.0 Å². The number of azo groups is 1. The van der Waals surface area contributed by atoms with Crippen molar-refractivity contribution in [2.45, 2.75) is 0 Å². The summed E-state index contributed by atoms with van der Waals surface area (Å²) in [5, 5.41) is 37.2. The zero-order valence-electron chi connectivity index (χ0n) is 7.75. The minimum atomic E-state index is -0.923. The molecule has 2 heterocycles. The Morgan fingerprint density at radius 2 is 1.76 bits per heavy atom. The number of rotatable bonds is 3. The molecule has 0 spiro atoms. The van der Waals surface area contributed by atoms with Gasteiger partial charge >= 0.3 is 17.5 Å². The van der Waals surface area contributed by atoms with Crippen molar-refractivity contribution >= 4 is 23.3 Å². The molecular formula is C4H2N8O5. The Morgan fingerprint density at radius 1 is 1.12 bits per heavy atom. The second-order valence-corrected chi connectivity index (χ2v) is 2.51. The molecule has 2 aromatic heterocycles. The van der Waals surface area contributed by atoms with E-state index in [0.29, 0.717) is 0 Å². The standard InChI is InChI=1S/C4H2N8O5/c5-1-3(9-16-7-1)11(13)6-2-4(12(14)15)10-17-8-2/h(H2,5,7). The van der Waals surface area contributed by atoms with E-state index in [4.69, 9.17) is 5.73 Å². The fourth-order valence-corrected chi connectivity index (χ4v) is 0.814. The predicted octanol–water partition coefficient (Wildman–Crippen LogP) is -0.131. The van der Waals surface area contributed by atoms with Gasteiger partial charge < -0.3 is 21.1 Å². The highest BCUT2D eigenvalue weighted by Gasteiger charge is 2.25. The largest absolute Gasteiger partial charge is 0.690 e. The third-order valence-corrected chi connectivity index (χ3v) is 1.49. The third-order valence-electron chi connectivity index (χ3n) is 1.49. The second-order valence-electron chi connectivity index (χ2n) is 2.51. The molecule has 0 radical (unpaired) electrons. The van der Waals surface area contributed by atoms with Crippen LogP contribution < -0.4 is 5.73 Å². The molecule has 0 fully saturated rings. The van der Waals surface area contributed by atoms with Crippen LogP contribution in [0.4, 0.5) is 23.3 Å². The summed E-state index contributed by atoms with van der Waals surface area (Å²) in [4.78, 5) is 9.33. The van der Waals surface area contributed by atoms with Crippen LogP contribution in [0.5, 0.6) is 0 Å². The quantitative estimate of drug-likeness (QED) is 0.328. The Labute approximate surface area is 90.2 Å². The fourth-order valence-electron chi connectivity index (χ4n) is 0.814. The van der Waals surface area contributed by atoms with Gasteiger partial charge in [0.25, 0.3) is 5.82 Å². The molecule has 2 rings (SSSR count). The van der Waals surface area contributed by atoms with Crippen LogP contribution >= 0.6 is 0 Å². The van der Waals surface area contributed by atoms with Crippen molar-refractivity contribution in [2.75, 3.05) is 5.73 Å². The summed E-state index contributed by atoms with van der Waals surface area (Å²) in [6.45, 7) is 0. The molecule has 2 aromatic rings. The minimum Gasteiger partial charge on any atom is -0.690 e. The number of aromatic nitrogens is 4. The van der Waals surface area contributed by atoms with Gasteiger partial charge in [-0.15, -0.1) is 14.1 Å². The highest BCUT2D eigenvalue weighted by Crippen LogP contribution is 2.24. The van der Waals surface area contributed by atoms with Gasteiger partial charge in [-0.1, -0.05) is 0 Å². The molecule has 0 aliphatic rings. The Bertz CT molecular complexity index is 584. The van der Waals surface area contributed by atoms with E-state index in [1.165, 1.54) is 0 Å². The summed E-state index contributed by atoms with van der Waals surface area (Å²) in [6, 6.07) is 0. The summed E-state index contributed by atoms with van der Waals surface area (Å²) >= 11 is 0. The predicted molar refractivity (Wildman–Crippen MR) is 45.0 cm³/mol. The Kier molecular flexibility index (Phi) is 2.32. The lowest BCUT2D eigenvalue weighted by atomic mass is 10.6. The van der Waals surface area contributed by atoms with Gasteiger partial charge in [0.15, 0.2) is 10.3 Å². The van der Waals surface area contributed by atoms with E-state index in [0.717, 1.165) is 0 Å². The van der Waals surface area contributed by atoms with E-state index < -0.39 is 22.4 Å². The van der Waals surface area contributed by atoms with Gasteiger partial charge in [-0.25, -0.2) is 0 Å². The fraction of sp³-hybridized carbons (Fsp3) is 0. The molecule has 0 aliphatic heterocycles. The molecule has 0 aliphatic carbocycles. The van der Waals surface area contributed by atoms with Crippen LogP contribution in [0.2, 0.25) is 0 Å². The van der Waals surface area contributed by atoms with Crippen LogP contribution in [0.15, 0.2) is 14.4 Å². The Balaban J connectivity index is 2.40. The lowest BCUT2D eigenvalue weighted by Gasteiger charge is -1.96. The Morgan fingerprint density at radius 3 is 2.35 bits per heavy atom. The van der Waals surface area contributed by atoms with E-state index in [9.17, 15) is 15.3 Å². The minimum absolute atomic E-state index is 0.154. The molecule has 0 unspecified atom stereocenters. The van der Waals surface area contributed by atoms with Crippen LogP contribution in [0, 0.1) is 15.3 Å². The molecule has 0 aromatic carbocycles. The van der Waals surface area contributed by atoms with Crippen LogP contribution in [-0.2, 0) is 0 Å². The number of hydrogen-bond donors (Lipinski definition) is 1. The molecule has 88 valence electrons. The number of nitrogens with zero attached hydrogens (tertiary/aromatic N) is 7. The first-order valence-electron chi connectivity index (χ1n) is 3.83. The molecule has 13 nitrogen and oxygen atoms in total. The summed E-state index contributed by atoms with van der Waals surface area (Å²) in [5.41, 5.74) is 5.21. The van der Waals surface area contributed by atoms with Crippen molar-refractivity contribution in [3.63, 3.8) is 0 Å². The topological polar surface area (TPSA) is 185 Å². The highest BCUT2D eigenvalue weighted by atomic mass is 16.6. The molecule has 0 amide bonds. The SMILES string of the molecule is Nc1nonc1[N+]([O-])=Nc1nonc1[N+](=O)[O-]. The number of nitro groups is 1. The number of nitrogens with two attached hydrogens (primary N) is 1. The molecule has 17 heavy (non-hydrogen) atoms. The molecule has 13 heteroatoms. The van der Waals surface area contributed by atoms with E-state index in [1.54, 1.807) is 0 Å². The lowest BCUT2D eigenvalue weighted by Crippen LogP contribution is -1.96. The first kappa shape index (κ1) is 10.4. The van der Waals surface area contributed by atoms with Crippen molar-refractivity contribution in [1.82, 2.24) is 20.6 Å². The maximum atomic E-state index is 11.3. The van der Waals surface area contributed by atoms with Crippen LogP contribution in [0.1, 0.15) is 0 Å². The highest BCUT2D eigenvalue weighted by molar-refractivity contribution is 5.44. The maximum absolute atomic E-state index is 11.3. The summed E-state index contributed by atoms with van der Waals surface area (Å²) in [5.74, 6) is -2.25. The van der Waals surface area contributed by atoms with Crippen LogP contribution in [0.25, 0.3) is 0 Å². The average molecular weight is 242 g/mol. The first-order valence-corrected chi connectivity index (χ1v) is 3.83.